The van der Waals surface area contributed by atoms with Gasteiger partial charge < -0.3 is 30.3 Å². The van der Waals surface area contributed by atoms with E-state index in [0.29, 0.717) is 35.4 Å². The third-order valence-electron chi connectivity index (χ3n) is 5.81. The molecule has 35 heavy (non-hydrogen) atoms. The summed E-state index contributed by atoms with van der Waals surface area (Å²) < 4.78 is 10.5. The van der Waals surface area contributed by atoms with Crippen LogP contribution < -0.4 is 25.6 Å². The minimum absolute atomic E-state index is 0.292. The van der Waals surface area contributed by atoms with Gasteiger partial charge in [0.1, 0.15) is 17.8 Å². The summed E-state index contributed by atoms with van der Waals surface area (Å²) >= 11 is 0. The van der Waals surface area contributed by atoms with Crippen LogP contribution in [0.4, 0.5) is 28.7 Å². The van der Waals surface area contributed by atoms with Crippen LogP contribution in [0.2, 0.25) is 0 Å². The number of nitrogens with one attached hydrogen (secondary N) is 1. The highest BCUT2D eigenvalue weighted by Crippen LogP contribution is 2.30. The van der Waals surface area contributed by atoms with Crippen LogP contribution in [-0.4, -0.2) is 55.8 Å². The highest BCUT2D eigenvalue weighted by molar-refractivity contribution is 5.90. The molecule has 2 heterocycles. The number of piperazine rings is 1. The first-order valence-corrected chi connectivity index (χ1v) is 11.7. The average Bonchev–Trinajstić information content (AvgIpc) is 2.89. The largest absolute Gasteiger partial charge is 0.497 e. The number of ether oxygens (including phenoxy) is 2. The molecule has 0 atom stereocenters. The van der Waals surface area contributed by atoms with Crippen LogP contribution in [0.1, 0.15) is 24.2 Å². The zero-order chi connectivity index (χ0) is 24.8. The number of carbonyl (C=O) groups excluding carboxylic acids is 1. The Morgan fingerprint density at radius 3 is 2.29 bits per heavy atom. The van der Waals surface area contributed by atoms with Gasteiger partial charge in [-0.05, 0) is 54.4 Å². The highest BCUT2D eigenvalue weighted by Gasteiger charge is 2.22. The summed E-state index contributed by atoms with van der Waals surface area (Å²) in [5.41, 5.74) is 9.38. The van der Waals surface area contributed by atoms with Gasteiger partial charge in [-0.2, -0.15) is 0 Å². The van der Waals surface area contributed by atoms with E-state index in [9.17, 15) is 4.79 Å². The smallest absolute Gasteiger partial charge is 0.338 e. The Labute approximate surface area is 205 Å². The minimum atomic E-state index is -0.331. The lowest BCUT2D eigenvalue weighted by molar-refractivity contribution is 0.0459. The van der Waals surface area contributed by atoms with Gasteiger partial charge in [0.25, 0.3) is 0 Å². The molecule has 0 unspecified atom stereocenters. The molecule has 184 valence electrons. The molecule has 9 heteroatoms. The van der Waals surface area contributed by atoms with E-state index < -0.39 is 0 Å². The third-order valence-corrected chi connectivity index (χ3v) is 5.81. The number of benzene rings is 2. The van der Waals surface area contributed by atoms with Crippen LogP contribution in [0.3, 0.4) is 0 Å². The quantitative estimate of drug-likeness (QED) is 0.467. The van der Waals surface area contributed by atoms with Crippen molar-refractivity contribution >= 4 is 34.7 Å². The SMILES string of the molecule is COc1ccc(N2CCN(c3ncnc(Nc4ccc(C(=O)OCC(C)C)cc4)c3N)CC2)cc1. The van der Waals surface area contributed by atoms with E-state index in [0.717, 1.165) is 37.6 Å². The molecule has 0 bridgehead atoms. The molecule has 0 spiro atoms. The van der Waals surface area contributed by atoms with Crippen LogP contribution in [0.5, 0.6) is 5.75 Å². The Hall–Kier alpha value is -4.01. The molecule has 1 saturated heterocycles. The van der Waals surface area contributed by atoms with E-state index in [-0.39, 0.29) is 5.97 Å². The van der Waals surface area contributed by atoms with E-state index >= 15 is 0 Å². The van der Waals surface area contributed by atoms with Gasteiger partial charge in [-0.3, -0.25) is 0 Å². The molecule has 0 amide bonds. The van der Waals surface area contributed by atoms with Crippen molar-refractivity contribution < 1.29 is 14.3 Å². The van der Waals surface area contributed by atoms with Gasteiger partial charge in [-0.25, -0.2) is 14.8 Å². The van der Waals surface area contributed by atoms with E-state index in [1.165, 1.54) is 12.0 Å². The number of aromatic nitrogens is 2. The molecule has 1 aliphatic rings. The van der Waals surface area contributed by atoms with Crippen molar-refractivity contribution in [2.24, 2.45) is 5.92 Å². The Kier molecular flexibility index (Phi) is 7.54. The normalized spacial score (nSPS) is 13.6. The molecule has 3 aromatic rings. The van der Waals surface area contributed by atoms with E-state index in [4.69, 9.17) is 15.2 Å². The number of hydrogen-bond donors (Lipinski definition) is 2. The van der Waals surface area contributed by atoms with E-state index in [1.807, 2.05) is 26.0 Å². The summed E-state index contributed by atoms with van der Waals surface area (Å²) in [6.45, 7) is 7.69. The summed E-state index contributed by atoms with van der Waals surface area (Å²) in [7, 11) is 1.67. The minimum Gasteiger partial charge on any atom is -0.497 e. The molecule has 0 saturated carbocycles. The molecule has 1 aromatic heterocycles. The topological polar surface area (TPSA) is 106 Å². The number of nitrogen functional groups attached to an aromatic ring is 1. The predicted octanol–water partition coefficient (Wildman–Crippen LogP) is 3.95. The molecule has 3 N–H and O–H groups in total. The van der Waals surface area contributed by atoms with Crippen molar-refractivity contribution in [2.45, 2.75) is 13.8 Å². The standard InChI is InChI=1S/C26H32N6O3/c1-18(2)16-35-26(33)19-4-6-20(7-5-19)30-24-23(27)25(29-17-28-24)32-14-12-31(13-15-32)21-8-10-22(34-3)11-9-21/h4-11,17-18H,12-16,27H2,1-3H3,(H,28,29,30). The Bertz CT molecular complexity index is 1130. The average molecular weight is 477 g/mol. The number of methoxy groups -OCH3 is 1. The first-order chi connectivity index (χ1) is 16.9. The Morgan fingerprint density at radius 1 is 1.00 bits per heavy atom. The number of nitrogens with two attached hydrogens (primary N) is 1. The van der Waals surface area contributed by atoms with E-state index in [1.54, 1.807) is 31.4 Å². The van der Waals surface area contributed by atoms with Crippen LogP contribution in [-0.2, 0) is 4.74 Å². The van der Waals surface area contributed by atoms with Gasteiger partial charge in [-0.1, -0.05) is 13.8 Å². The van der Waals surface area contributed by atoms with E-state index in [2.05, 4.69) is 37.2 Å². The maximum absolute atomic E-state index is 12.1. The molecule has 1 fully saturated rings. The van der Waals surface area contributed by atoms with Gasteiger partial charge in [-0.15, -0.1) is 0 Å². The summed E-state index contributed by atoms with van der Waals surface area (Å²) in [6.07, 6.45) is 1.52. The fourth-order valence-corrected chi connectivity index (χ4v) is 3.86. The lowest BCUT2D eigenvalue weighted by Gasteiger charge is -2.37. The monoisotopic (exact) mass is 476 g/mol. The molecular weight excluding hydrogens is 444 g/mol. The van der Waals surface area contributed by atoms with Gasteiger partial charge in [0, 0.05) is 37.6 Å². The lowest BCUT2D eigenvalue weighted by atomic mass is 10.2. The fraction of sp³-hybridized carbons (Fsp3) is 0.346. The summed E-state index contributed by atoms with van der Waals surface area (Å²) in [5, 5.41) is 3.24. The molecule has 9 nitrogen and oxygen atoms in total. The number of esters is 1. The van der Waals surface area contributed by atoms with Crippen LogP contribution in [0.15, 0.2) is 54.9 Å². The van der Waals surface area contributed by atoms with Crippen molar-refractivity contribution in [1.29, 1.82) is 0 Å². The van der Waals surface area contributed by atoms with Crippen LogP contribution >= 0.6 is 0 Å². The molecule has 0 aliphatic carbocycles. The number of rotatable bonds is 8. The number of carbonyl (C=O) groups is 1. The zero-order valence-corrected chi connectivity index (χ0v) is 20.4. The van der Waals surface area contributed by atoms with Gasteiger partial charge >= 0.3 is 5.97 Å². The molecular formula is C26H32N6O3. The second kappa shape index (κ2) is 10.9. The van der Waals surface area contributed by atoms with Crippen molar-refractivity contribution in [3.63, 3.8) is 0 Å². The lowest BCUT2D eigenvalue weighted by Crippen LogP contribution is -2.47. The molecule has 0 radical (unpaired) electrons. The molecule has 2 aromatic carbocycles. The first kappa shape index (κ1) is 24.1. The second-order valence-corrected chi connectivity index (χ2v) is 8.83. The first-order valence-electron chi connectivity index (χ1n) is 11.7. The summed E-state index contributed by atoms with van der Waals surface area (Å²) in [6, 6.07) is 15.2. The Morgan fingerprint density at radius 2 is 1.66 bits per heavy atom. The maximum Gasteiger partial charge on any atom is 0.338 e. The van der Waals surface area contributed by atoms with Gasteiger partial charge in [0.15, 0.2) is 11.6 Å². The summed E-state index contributed by atoms with van der Waals surface area (Å²) in [4.78, 5) is 25.4. The van der Waals surface area contributed by atoms with Gasteiger partial charge in [0.2, 0.25) is 0 Å². The Balaban J connectivity index is 1.38. The van der Waals surface area contributed by atoms with Crippen molar-refractivity contribution in [2.75, 3.05) is 60.7 Å². The maximum atomic E-state index is 12.1. The predicted molar refractivity (Wildman–Crippen MR) is 139 cm³/mol. The number of nitrogens with zero attached hydrogens (tertiary/aromatic N) is 4. The number of anilines is 5. The van der Waals surface area contributed by atoms with Crippen molar-refractivity contribution in [3.05, 3.63) is 60.4 Å². The fourth-order valence-electron chi connectivity index (χ4n) is 3.86. The van der Waals surface area contributed by atoms with Gasteiger partial charge in [0.05, 0.1) is 19.3 Å². The molecule has 4 rings (SSSR count). The van der Waals surface area contributed by atoms with Crippen molar-refractivity contribution in [1.82, 2.24) is 9.97 Å². The number of hydrogen-bond acceptors (Lipinski definition) is 9. The van der Waals surface area contributed by atoms with Crippen LogP contribution in [0.25, 0.3) is 0 Å². The zero-order valence-electron chi connectivity index (χ0n) is 20.4. The second-order valence-electron chi connectivity index (χ2n) is 8.83. The van der Waals surface area contributed by atoms with Crippen molar-refractivity contribution in [3.8, 4) is 5.75 Å². The third kappa shape index (κ3) is 5.92. The highest BCUT2D eigenvalue weighted by atomic mass is 16.5. The molecule has 1 aliphatic heterocycles. The summed E-state index contributed by atoms with van der Waals surface area (Å²) in [5.74, 6) is 2.05. The van der Waals surface area contributed by atoms with Crippen LogP contribution in [0, 0.1) is 5.92 Å².